The van der Waals surface area contributed by atoms with Gasteiger partial charge < -0.3 is 9.64 Å². The van der Waals surface area contributed by atoms with Crippen LogP contribution in [0.1, 0.15) is 12.0 Å². The van der Waals surface area contributed by atoms with Crippen LogP contribution >= 0.6 is 0 Å². The molecule has 2 nitrogen and oxygen atoms in total. The van der Waals surface area contributed by atoms with Crippen molar-refractivity contribution in [3.8, 4) is 0 Å². The van der Waals surface area contributed by atoms with Gasteiger partial charge in [0.05, 0.1) is 6.61 Å². The van der Waals surface area contributed by atoms with Crippen LogP contribution in [0.3, 0.4) is 0 Å². The van der Waals surface area contributed by atoms with Gasteiger partial charge in [-0.1, -0.05) is 17.7 Å². The highest BCUT2D eigenvalue weighted by molar-refractivity contribution is 5.48. The molecule has 0 amide bonds. The minimum atomic E-state index is 0.705. The number of anilines is 1. The van der Waals surface area contributed by atoms with Crippen molar-refractivity contribution in [2.45, 2.75) is 13.3 Å². The molecule has 82 valence electrons. The Hall–Kier alpha value is -1.02. The normalized spacial score (nSPS) is 20.9. The Kier molecular flexibility index (Phi) is 3.27. The summed E-state index contributed by atoms with van der Waals surface area (Å²) >= 11 is 0. The summed E-state index contributed by atoms with van der Waals surface area (Å²) in [5.41, 5.74) is 2.67. The van der Waals surface area contributed by atoms with E-state index in [0.29, 0.717) is 5.92 Å². The first kappa shape index (κ1) is 10.5. The maximum atomic E-state index is 5.20. The molecular weight excluding hydrogens is 186 g/mol. The molecule has 0 aliphatic carbocycles. The Bertz CT molecular complexity index is 307. The van der Waals surface area contributed by atoms with Gasteiger partial charge in [-0.05, 0) is 25.5 Å². The lowest BCUT2D eigenvalue weighted by Gasteiger charge is -2.18. The van der Waals surface area contributed by atoms with E-state index in [9.17, 15) is 0 Å². The molecule has 1 aliphatic rings. The third-order valence-electron chi connectivity index (χ3n) is 3.09. The molecule has 1 aliphatic heterocycles. The molecule has 2 rings (SSSR count). The van der Waals surface area contributed by atoms with Crippen molar-refractivity contribution in [3.05, 3.63) is 29.8 Å². The topological polar surface area (TPSA) is 12.5 Å². The molecule has 2 heteroatoms. The van der Waals surface area contributed by atoms with E-state index in [2.05, 4.69) is 36.1 Å². The second-order valence-electron chi connectivity index (χ2n) is 4.39. The van der Waals surface area contributed by atoms with Crippen LogP contribution in [0, 0.1) is 12.8 Å². The van der Waals surface area contributed by atoms with Crippen molar-refractivity contribution < 1.29 is 4.74 Å². The highest BCUT2D eigenvalue weighted by Crippen LogP contribution is 2.23. The summed E-state index contributed by atoms with van der Waals surface area (Å²) in [6.07, 6.45) is 1.25. The lowest BCUT2D eigenvalue weighted by Crippen LogP contribution is -2.20. The fourth-order valence-electron chi connectivity index (χ4n) is 2.19. The molecule has 0 bridgehead atoms. The molecule has 1 unspecified atom stereocenters. The maximum absolute atomic E-state index is 5.20. The smallest absolute Gasteiger partial charge is 0.0508 e. The van der Waals surface area contributed by atoms with E-state index in [0.717, 1.165) is 19.7 Å². The van der Waals surface area contributed by atoms with E-state index in [1.54, 1.807) is 7.11 Å². The van der Waals surface area contributed by atoms with Crippen molar-refractivity contribution in [1.29, 1.82) is 0 Å². The van der Waals surface area contributed by atoms with Crippen molar-refractivity contribution in [1.82, 2.24) is 0 Å². The first-order valence-electron chi connectivity index (χ1n) is 5.60. The van der Waals surface area contributed by atoms with Crippen molar-refractivity contribution >= 4 is 5.69 Å². The van der Waals surface area contributed by atoms with Gasteiger partial charge in [-0.25, -0.2) is 0 Å². The lowest BCUT2D eigenvalue weighted by atomic mass is 10.1. The minimum Gasteiger partial charge on any atom is -0.384 e. The van der Waals surface area contributed by atoms with Crippen LogP contribution in [0.25, 0.3) is 0 Å². The van der Waals surface area contributed by atoms with Gasteiger partial charge in [-0.3, -0.25) is 0 Å². The molecule has 0 saturated carbocycles. The number of nitrogens with zero attached hydrogens (tertiary/aromatic N) is 1. The number of benzene rings is 1. The third kappa shape index (κ3) is 2.51. The molecular formula is C13H19NO. The van der Waals surface area contributed by atoms with Crippen LogP contribution in [0.5, 0.6) is 0 Å². The Labute approximate surface area is 91.9 Å². The second kappa shape index (κ2) is 4.67. The lowest BCUT2D eigenvalue weighted by molar-refractivity contribution is 0.161. The molecule has 1 aromatic rings. The number of ether oxygens (including phenoxy) is 1. The van der Waals surface area contributed by atoms with E-state index < -0.39 is 0 Å². The van der Waals surface area contributed by atoms with E-state index in [-0.39, 0.29) is 0 Å². The molecule has 0 aromatic heterocycles. The Balaban J connectivity index is 1.98. The Morgan fingerprint density at radius 3 is 2.73 bits per heavy atom. The number of methoxy groups -OCH3 is 1. The first-order valence-corrected chi connectivity index (χ1v) is 5.60. The van der Waals surface area contributed by atoms with E-state index >= 15 is 0 Å². The molecule has 1 saturated heterocycles. The van der Waals surface area contributed by atoms with Gasteiger partial charge in [0.15, 0.2) is 0 Å². The third-order valence-corrected chi connectivity index (χ3v) is 3.09. The summed E-state index contributed by atoms with van der Waals surface area (Å²) in [6.45, 7) is 5.32. The monoisotopic (exact) mass is 205 g/mol. The first-order chi connectivity index (χ1) is 7.29. The standard InChI is InChI=1S/C13H19NO/c1-11-3-5-13(6-4-11)14-8-7-12(9-14)10-15-2/h3-6,12H,7-10H2,1-2H3. The molecule has 0 spiro atoms. The molecule has 15 heavy (non-hydrogen) atoms. The predicted molar refractivity (Wildman–Crippen MR) is 63.4 cm³/mol. The molecule has 1 aromatic carbocycles. The van der Waals surface area contributed by atoms with Crippen LogP contribution in [0.15, 0.2) is 24.3 Å². The van der Waals surface area contributed by atoms with Gasteiger partial charge in [0.2, 0.25) is 0 Å². The van der Waals surface area contributed by atoms with Gasteiger partial charge in [-0.2, -0.15) is 0 Å². The van der Waals surface area contributed by atoms with Crippen LogP contribution < -0.4 is 4.90 Å². The average molecular weight is 205 g/mol. The molecule has 0 N–H and O–H groups in total. The van der Waals surface area contributed by atoms with Gasteiger partial charge in [-0.15, -0.1) is 0 Å². The summed E-state index contributed by atoms with van der Waals surface area (Å²) in [5.74, 6) is 0.705. The van der Waals surface area contributed by atoms with Crippen LogP contribution in [0.4, 0.5) is 5.69 Å². The molecule has 1 heterocycles. The van der Waals surface area contributed by atoms with Crippen LogP contribution in [0.2, 0.25) is 0 Å². The molecule has 0 radical (unpaired) electrons. The van der Waals surface area contributed by atoms with E-state index in [4.69, 9.17) is 4.74 Å². The largest absolute Gasteiger partial charge is 0.384 e. The van der Waals surface area contributed by atoms with Gasteiger partial charge >= 0.3 is 0 Å². The van der Waals surface area contributed by atoms with Crippen molar-refractivity contribution in [3.63, 3.8) is 0 Å². The Morgan fingerprint density at radius 2 is 2.07 bits per heavy atom. The fourth-order valence-corrected chi connectivity index (χ4v) is 2.19. The Morgan fingerprint density at radius 1 is 1.33 bits per heavy atom. The number of rotatable bonds is 3. The quantitative estimate of drug-likeness (QED) is 0.751. The zero-order chi connectivity index (χ0) is 10.7. The summed E-state index contributed by atoms with van der Waals surface area (Å²) in [7, 11) is 1.79. The zero-order valence-electron chi connectivity index (χ0n) is 9.57. The summed E-state index contributed by atoms with van der Waals surface area (Å²) in [6, 6.07) is 8.78. The maximum Gasteiger partial charge on any atom is 0.0508 e. The minimum absolute atomic E-state index is 0.705. The van der Waals surface area contributed by atoms with Gasteiger partial charge in [0.1, 0.15) is 0 Å². The van der Waals surface area contributed by atoms with Crippen molar-refractivity contribution in [2.75, 3.05) is 31.7 Å². The summed E-state index contributed by atoms with van der Waals surface area (Å²) in [5, 5.41) is 0. The van der Waals surface area contributed by atoms with Gasteiger partial charge in [0, 0.05) is 31.8 Å². The summed E-state index contributed by atoms with van der Waals surface area (Å²) < 4.78 is 5.20. The highest BCUT2D eigenvalue weighted by atomic mass is 16.5. The highest BCUT2D eigenvalue weighted by Gasteiger charge is 2.22. The molecule has 1 atom stereocenters. The molecule has 1 fully saturated rings. The average Bonchev–Trinajstić information content (AvgIpc) is 2.68. The van der Waals surface area contributed by atoms with Crippen LogP contribution in [-0.2, 0) is 4.74 Å². The zero-order valence-corrected chi connectivity index (χ0v) is 9.57. The second-order valence-corrected chi connectivity index (χ2v) is 4.39. The van der Waals surface area contributed by atoms with Gasteiger partial charge in [0.25, 0.3) is 0 Å². The van der Waals surface area contributed by atoms with E-state index in [1.807, 2.05) is 0 Å². The fraction of sp³-hybridized carbons (Fsp3) is 0.538. The number of hydrogen-bond donors (Lipinski definition) is 0. The number of hydrogen-bond acceptors (Lipinski definition) is 2. The SMILES string of the molecule is COCC1CCN(c2ccc(C)cc2)C1. The van der Waals surface area contributed by atoms with Crippen LogP contribution in [-0.4, -0.2) is 26.8 Å². The predicted octanol–water partition coefficient (Wildman–Crippen LogP) is 2.47. The van der Waals surface area contributed by atoms with E-state index in [1.165, 1.54) is 17.7 Å². The summed E-state index contributed by atoms with van der Waals surface area (Å²) in [4.78, 5) is 2.45. The number of aryl methyl sites for hydroxylation is 1. The van der Waals surface area contributed by atoms with Crippen molar-refractivity contribution in [2.24, 2.45) is 5.92 Å².